The predicted octanol–water partition coefficient (Wildman–Crippen LogP) is 2.93. The monoisotopic (exact) mass is 411 g/mol. The molecule has 0 saturated carbocycles. The van der Waals surface area contributed by atoms with Crippen LogP contribution in [0, 0.1) is 0 Å². The van der Waals surface area contributed by atoms with Crippen LogP contribution in [-0.4, -0.2) is 44.5 Å². The molecule has 0 fully saturated rings. The van der Waals surface area contributed by atoms with Gasteiger partial charge in [-0.25, -0.2) is 0 Å². The molecule has 0 bridgehead atoms. The van der Waals surface area contributed by atoms with Crippen molar-refractivity contribution in [2.75, 3.05) is 26.3 Å². The fourth-order valence-electron chi connectivity index (χ4n) is 1.20. The van der Waals surface area contributed by atoms with E-state index in [1.165, 1.54) is 0 Å². The molecule has 0 aliphatic carbocycles. The van der Waals surface area contributed by atoms with E-state index in [1.54, 1.807) is 0 Å². The Kier molecular flexibility index (Phi) is 13.8. The smallest absolute Gasteiger partial charge is 0.372 e. The van der Waals surface area contributed by atoms with E-state index in [4.69, 9.17) is 0 Å². The second-order valence-electron chi connectivity index (χ2n) is 4.24. The first-order valence-electron chi connectivity index (χ1n) is 6.58. The summed E-state index contributed by atoms with van der Waals surface area (Å²) in [6.45, 7) is 6.11. The van der Waals surface area contributed by atoms with Crippen LogP contribution in [0.1, 0.15) is 33.6 Å². The second-order valence-corrected chi connectivity index (χ2v) is 4.24. The zero-order valence-electron chi connectivity index (χ0n) is 12.2. The van der Waals surface area contributed by atoms with Gasteiger partial charge in [0.1, 0.15) is 6.61 Å². The highest BCUT2D eigenvalue weighted by molar-refractivity contribution is 14.0. The summed E-state index contributed by atoms with van der Waals surface area (Å²) in [5, 5.41) is 6.28. The van der Waals surface area contributed by atoms with Crippen LogP contribution in [0.5, 0.6) is 0 Å². The molecule has 1 unspecified atom stereocenters. The lowest BCUT2D eigenvalue weighted by molar-refractivity contribution is -0.173. The largest absolute Gasteiger partial charge is 0.411 e. The molecular formula is C12H25F3IN3O. The molecule has 0 aliphatic rings. The number of rotatable bonds is 8. The Balaban J connectivity index is 0. The number of ether oxygens (including phenoxy) is 1. The Morgan fingerprint density at radius 1 is 1.30 bits per heavy atom. The Morgan fingerprint density at radius 3 is 2.45 bits per heavy atom. The summed E-state index contributed by atoms with van der Waals surface area (Å²) in [5.41, 5.74) is 0. The van der Waals surface area contributed by atoms with Crippen molar-refractivity contribution in [1.82, 2.24) is 10.6 Å². The van der Waals surface area contributed by atoms with Crippen LogP contribution in [-0.2, 0) is 4.74 Å². The zero-order valence-corrected chi connectivity index (χ0v) is 14.5. The molecular weight excluding hydrogens is 386 g/mol. The van der Waals surface area contributed by atoms with Crippen molar-refractivity contribution in [3.05, 3.63) is 0 Å². The van der Waals surface area contributed by atoms with Crippen molar-refractivity contribution < 1.29 is 17.9 Å². The van der Waals surface area contributed by atoms with Gasteiger partial charge in [-0.3, -0.25) is 4.99 Å². The summed E-state index contributed by atoms with van der Waals surface area (Å²) < 4.78 is 39.9. The molecule has 0 aromatic rings. The Morgan fingerprint density at radius 2 is 1.95 bits per heavy atom. The number of halogens is 4. The summed E-state index contributed by atoms with van der Waals surface area (Å²) in [6, 6.07) is 0.305. The van der Waals surface area contributed by atoms with Gasteiger partial charge in [-0.05, 0) is 26.7 Å². The van der Waals surface area contributed by atoms with Crippen LogP contribution in [0.15, 0.2) is 4.99 Å². The van der Waals surface area contributed by atoms with Crippen molar-refractivity contribution >= 4 is 29.9 Å². The first-order chi connectivity index (χ1) is 8.89. The van der Waals surface area contributed by atoms with Crippen LogP contribution in [0.3, 0.4) is 0 Å². The lowest BCUT2D eigenvalue weighted by atomic mass is 10.3. The van der Waals surface area contributed by atoms with Crippen molar-refractivity contribution in [3.63, 3.8) is 0 Å². The third kappa shape index (κ3) is 14.2. The summed E-state index contributed by atoms with van der Waals surface area (Å²) in [4.78, 5) is 4.27. The van der Waals surface area contributed by atoms with Gasteiger partial charge in [-0.15, -0.1) is 24.0 Å². The molecule has 0 amide bonds. The molecule has 0 heterocycles. The van der Waals surface area contributed by atoms with Crippen LogP contribution in [0.4, 0.5) is 13.2 Å². The van der Waals surface area contributed by atoms with Gasteiger partial charge in [-0.1, -0.05) is 6.92 Å². The molecule has 2 N–H and O–H groups in total. The maximum Gasteiger partial charge on any atom is 0.411 e. The maximum atomic E-state index is 11.8. The normalized spacial score (nSPS) is 13.6. The molecule has 8 heteroatoms. The lowest BCUT2D eigenvalue weighted by Gasteiger charge is -2.16. The minimum Gasteiger partial charge on any atom is -0.372 e. The van der Waals surface area contributed by atoms with E-state index in [2.05, 4.69) is 27.3 Å². The van der Waals surface area contributed by atoms with Crippen molar-refractivity contribution in [1.29, 1.82) is 0 Å². The third-order valence-electron chi connectivity index (χ3n) is 2.32. The van der Waals surface area contributed by atoms with Gasteiger partial charge in [0.15, 0.2) is 5.96 Å². The number of aliphatic imine (C=N–C) groups is 1. The molecule has 1 atom stereocenters. The predicted molar refractivity (Wildman–Crippen MR) is 85.8 cm³/mol. The van der Waals surface area contributed by atoms with Gasteiger partial charge in [0.25, 0.3) is 0 Å². The SMILES string of the molecule is CCNC(=NCCCOCC(F)(F)F)NC(C)CC.I. The molecule has 0 saturated heterocycles. The third-order valence-corrected chi connectivity index (χ3v) is 2.32. The van der Waals surface area contributed by atoms with Crippen molar-refractivity contribution in [3.8, 4) is 0 Å². The Hall–Kier alpha value is -0.250. The van der Waals surface area contributed by atoms with Crippen LogP contribution in [0.25, 0.3) is 0 Å². The van der Waals surface area contributed by atoms with Gasteiger partial charge >= 0.3 is 6.18 Å². The average Bonchev–Trinajstić information content (AvgIpc) is 2.32. The molecule has 0 radical (unpaired) electrons. The van der Waals surface area contributed by atoms with Crippen molar-refractivity contribution in [2.24, 2.45) is 4.99 Å². The number of nitrogens with one attached hydrogen (secondary N) is 2. The molecule has 122 valence electrons. The minimum absolute atomic E-state index is 0. The molecule has 0 aromatic carbocycles. The van der Waals surface area contributed by atoms with E-state index >= 15 is 0 Å². The summed E-state index contributed by atoms with van der Waals surface area (Å²) in [5.74, 6) is 0.688. The van der Waals surface area contributed by atoms with E-state index in [1.807, 2.05) is 13.8 Å². The van der Waals surface area contributed by atoms with Gasteiger partial charge in [-0.2, -0.15) is 13.2 Å². The first-order valence-corrected chi connectivity index (χ1v) is 6.58. The zero-order chi connectivity index (χ0) is 14.7. The Bertz CT molecular complexity index is 263. The molecule has 0 aromatic heterocycles. The topological polar surface area (TPSA) is 45.7 Å². The van der Waals surface area contributed by atoms with E-state index in [9.17, 15) is 13.2 Å². The van der Waals surface area contributed by atoms with Crippen LogP contribution < -0.4 is 10.6 Å². The first kappa shape index (κ1) is 22.0. The van der Waals surface area contributed by atoms with Crippen molar-refractivity contribution in [2.45, 2.75) is 45.8 Å². The van der Waals surface area contributed by atoms with Gasteiger partial charge in [0.05, 0.1) is 0 Å². The second kappa shape index (κ2) is 12.5. The number of hydrogen-bond acceptors (Lipinski definition) is 2. The highest BCUT2D eigenvalue weighted by atomic mass is 127. The molecule has 0 rings (SSSR count). The quantitative estimate of drug-likeness (QED) is 0.280. The van der Waals surface area contributed by atoms with E-state index in [0.29, 0.717) is 25.0 Å². The summed E-state index contributed by atoms with van der Waals surface area (Å²) in [7, 11) is 0. The van der Waals surface area contributed by atoms with Gasteiger partial charge in [0, 0.05) is 25.7 Å². The van der Waals surface area contributed by atoms with Gasteiger partial charge < -0.3 is 15.4 Å². The minimum atomic E-state index is -4.25. The average molecular weight is 411 g/mol. The standard InChI is InChI=1S/C12H24F3N3O.HI/c1-4-10(3)18-11(16-5-2)17-7-6-8-19-9-12(13,14)15;/h10H,4-9H2,1-3H3,(H2,16,17,18);1H. The van der Waals surface area contributed by atoms with E-state index in [-0.39, 0.29) is 30.6 Å². The number of hydrogen-bond donors (Lipinski definition) is 2. The van der Waals surface area contributed by atoms with E-state index in [0.717, 1.165) is 13.0 Å². The maximum absolute atomic E-state index is 11.8. The van der Waals surface area contributed by atoms with Gasteiger partial charge in [0.2, 0.25) is 0 Å². The molecule has 0 aliphatic heterocycles. The van der Waals surface area contributed by atoms with E-state index < -0.39 is 12.8 Å². The highest BCUT2D eigenvalue weighted by Gasteiger charge is 2.27. The highest BCUT2D eigenvalue weighted by Crippen LogP contribution is 2.14. The summed E-state index contributed by atoms with van der Waals surface area (Å²) in [6.07, 6.45) is -2.82. The molecule has 20 heavy (non-hydrogen) atoms. The number of nitrogens with zero attached hydrogens (tertiary/aromatic N) is 1. The number of guanidine groups is 1. The Labute approximate surface area is 136 Å². The summed E-state index contributed by atoms with van der Waals surface area (Å²) >= 11 is 0. The number of alkyl halides is 3. The van der Waals surface area contributed by atoms with Crippen LogP contribution in [0.2, 0.25) is 0 Å². The molecule has 0 spiro atoms. The fraction of sp³-hybridized carbons (Fsp3) is 0.917. The van der Waals surface area contributed by atoms with Crippen LogP contribution >= 0.6 is 24.0 Å². The molecule has 4 nitrogen and oxygen atoms in total. The lowest BCUT2D eigenvalue weighted by Crippen LogP contribution is -2.42. The fourth-order valence-corrected chi connectivity index (χ4v) is 1.20.